The van der Waals surface area contributed by atoms with Gasteiger partial charge in [0.15, 0.2) is 0 Å². The zero-order valence-electron chi connectivity index (χ0n) is 10.4. The van der Waals surface area contributed by atoms with Gasteiger partial charge in [-0.05, 0) is 67.1 Å². The molecule has 17 heavy (non-hydrogen) atoms. The molecule has 0 saturated heterocycles. The Hall–Kier alpha value is -1.04. The summed E-state index contributed by atoms with van der Waals surface area (Å²) in [4.78, 5) is 0. The SMILES string of the molecule is c1ccc2c(c1)CCC1=C2CC[C@@H]2CCC[C@@H]12. The van der Waals surface area contributed by atoms with Crippen molar-refractivity contribution in [2.45, 2.75) is 44.9 Å². The van der Waals surface area contributed by atoms with Crippen molar-refractivity contribution in [3.05, 3.63) is 41.0 Å². The summed E-state index contributed by atoms with van der Waals surface area (Å²) >= 11 is 0. The van der Waals surface area contributed by atoms with Crippen molar-refractivity contribution in [1.82, 2.24) is 0 Å². The van der Waals surface area contributed by atoms with E-state index in [1.165, 1.54) is 44.9 Å². The minimum atomic E-state index is 0.965. The number of hydrogen-bond donors (Lipinski definition) is 0. The standard InChI is InChI=1S/C17H20/c1-2-6-14-12(4-1)8-10-17-15-7-3-5-13(15)9-11-16(14)17/h1-2,4,6,13,15H,3,5,7-11H2/t13-,15+/m0/s1. The Morgan fingerprint density at radius 2 is 1.82 bits per heavy atom. The average molecular weight is 224 g/mol. The van der Waals surface area contributed by atoms with E-state index in [0.29, 0.717) is 0 Å². The molecule has 88 valence electrons. The maximum absolute atomic E-state index is 2.36. The predicted molar refractivity (Wildman–Crippen MR) is 71.7 cm³/mol. The predicted octanol–water partition coefficient (Wildman–Crippen LogP) is 4.60. The van der Waals surface area contributed by atoms with Crippen LogP contribution in [0.2, 0.25) is 0 Å². The summed E-state index contributed by atoms with van der Waals surface area (Å²) in [5, 5.41) is 0. The summed E-state index contributed by atoms with van der Waals surface area (Å²) in [7, 11) is 0. The van der Waals surface area contributed by atoms with Gasteiger partial charge in [0.1, 0.15) is 0 Å². The van der Waals surface area contributed by atoms with Gasteiger partial charge in [-0.25, -0.2) is 0 Å². The van der Waals surface area contributed by atoms with Crippen LogP contribution in [-0.4, -0.2) is 0 Å². The topological polar surface area (TPSA) is 0 Å². The van der Waals surface area contributed by atoms with E-state index in [4.69, 9.17) is 0 Å². The summed E-state index contributed by atoms with van der Waals surface area (Å²) in [6.45, 7) is 0. The van der Waals surface area contributed by atoms with Gasteiger partial charge in [-0.1, -0.05) is 36.3 Å². The monoisotopic (exact) mass is 224 g/mol. The second kappa shape index (κ2) is 3.73. The molecule has 3 aliphatic carbocycles. The Morgan fingerprint density at radius 1 is 0.882 bits per heavy atom. The lowest BCUT2D eigenvalue weighted by Crippen LogP contribution is -2.21. The molecule has 0 bridgehead atoms. The maximum atomic E-state index is 2.36. The molecule has 3 aliphatic rings. The third kappa shape index (κ3) is 1.43. The van der Waals surface area contributed by atoms with E-state index in [1.54, 1.807) is 16.7 Å². The molecular weight excluding hydrogens is 204 g/mol. The van der Waals surface area contributed by atoms with Crippen LogP contribution in [0.5, 0.6) is 0 Å². The maximum Gasteiger partial charge on any atom is -0.0169 e. The first-order chi connectivity index (χ1) is 8.43. The lowest BCUT2D eigenvalue weighted by molar-refractivity contribution is 0.386. The fourth-order valence-corrected chi connectivity index (χ4v) is 4.50. The Kier molecular flexibility index (Phi) is 2.18. The molecule has 1 aromatic carbocycles. The molecule has 0 aromatic heterocycles. The van der Waals surface area contributed by atoms with Crippen molar-refractivity contribution >= 4 is 5.57 Å². The largest absolute Gasteiger partial charge is 0.0627 e. The second-order valence-corrected chi connectivity index (χ2v) is 6.00. The van der Waals surface area contributed by atoms with Crippen LogP contribution in [0.1, 0.15) is 49.7 Å². The van der Waals surface area contributed by atoms with E-state index < -0.39 is 0 Å². The molecule has 0 radical (unpaired) electrons. The quantitative estimate of drug-likeness (QED) is 0.604. The molecule has 0 heterocycles. The molecule has 1 aromatic rings. The zero-order valence-corrected chi connectivity index (χ0v) is 10.4. The summed E-state index contributed by atoms with van der Waals surface area (Å²) in [6, 6.07) is 9.11. The van der Waals surface area contributed by atoms with Crippen LogP contribution >= 0.6 is 0 Å². The van der Waals surface area contributed by atoms with Gasteiger partial charge >= 0.3 is 0 Å². The first kappa shape index (κ1) is 9.94. The molecule has 1 saturated carbocycles. The van der Waals surface area contributed by atoms with E-state index >= 15 is 0 Å². The Balaban J connectivity index is 1.84. The van der Waals surface area contributed by atoms with Crippen LogP contribution < -0.4 is 0 Å². The van der Waals surface area contributed by atoms with Gasteiger partial charge in [-0.15, -0.1) is 0 Å². The van der Waals surface area contributed by atoms with Crippen molar-refractivity contribution in [2.24, 2.45) is 11.8 Å². The van der Waals surface area contributed by atoms with Gasteiger partial charge in [0.05, 0.1) is 0 Å². The van der Waals surface area contributed by atoms with Gasteiger partial charge in [0.25, 0.3) is 0 Å². The van der Waals surface area contributed by atoms with Gasteiger partial charge < -0.3 is 0 Å². The molecule has 0 unspecified atom stereocenters. The molecule has 0 heteroatoms. The highest BCUT2D eigenvalue weighted by Crippen LogP contribution is 2.51. The first-order valence-electron chi connectivity index (χ1n) is 7.23. The average Bonchev–Trinajstić information content (AvgIpc) is 2.86. The molecular formula is C17H20. The molecule has 0 aliphatic heterocycles. The van der Waals surface area contributed by atoms with Crippen LogP contribution in [-0.2, 0) is 6.42 Å². The van der Waals surface area contributed by atoms with Crippen LogP contribution in [0.15, 0.2) is 29.8 Å². The van der Waals surface area contributed by atoms with Crippen molar-refractivity contribution in [1.29, 1.82) is 0 Å². The van der Waals surface area contributed by atoms with Gasteiger partial charge in [-0.3, -0.25) is 0 Å². The highest BCUT2D eigenvalue weighted by Gasteiger charge is 2.36. The van der Waals surface area contributed by atoms with Crippen LogP contribution in [0, 0.1) is 11.8 Å². The number of aryl methyl sites for hydroxylation is 1. The van der Waals surface area contributed by atoms with E-state index in [0.717, 1.165) is 11.8 Å². The second-order valence-electron chi connectivity index (χ2n) is 6.00. The van der Waals surface area contributed by atoms with Crippen LogP contribution in [0.25, 0.3) is 5.57 Å². The minimum absolute atomic E-state index is 0.965. The van der Waals surface area contributed by atoms with Crippen molar-refractivity contribution < 1.29 is 0 Å². The fraction of sp³-hybridized carbons (Fsp3) is 0.529. The van der Waals surface area contributed by atoms with Crippen molar-refractivity contribution in [3.8, 4) is 0 Å². The minimum Gasteiger partial charge on any atom is -0.0627 e. The summed E-state index contributed by atoms with van der Waals surface area (Å²) in [5.74, 6) is 2.01. The van der Waals surface area contributed by atoms with Gasteiger partial charge in [0.2, 0.25) is 0 Å². The third-order valence-corrected chi connectivity index (χ3v) is 5.27. The lowest BCUT2D eigenvalue weighted by atomic mass is 9.70. The summed E-state index contributed by atoms with van der Waals surface area (Å²) in [6.07, 6.45) is 9.92. The molecule has 0 N–H and O–H groups in total. The third-order valence-electron chi connectivity index (χ3n) is 5.27. The van der Waals surface area contributed by atoms with E-state index in [2.05, 4.69) is 24.3 Å². The number of rotatable bonds is 0. The number of allylic oxidation sites excluding steroid dienone is 2. The van der Waals surface area contributed by atoms with E-state index in [-0.39, 0.29) is 0 Å². The first-order valence-corrected chi connectivity index (χ1v) is 7.23. The van der Waals surface area contributed by atoms with E-state index in [9.17, 15) is 0 Å². The van der Waals surface area contributed by atoms with Crippen LogP contribution in [0.3, 0.4) is 0 Å². The summed E-state index contributed by atoms with van der Waals surface area (Å²) in [5.41, 5.74) is 6.80. The Morgan fingerprint density at radius 3 is 2.82 bits per heavy atom. The number of benzene rings is 1. The highest BCUT2D eigenvalue weighted by atomic mass is 14.4. The lowest BCUT2D eigenvalue weighted by Gasteiger charge is -2.35. The number of fused-ring (bicyclic) bond motifs is 4. The Labute approximate surface area is 104 Å². The van der Waals surface area contributed by atoms with Gasteiger partial charge in [-0.2, -0.15) is 0 Å². The molecule has 2 atom stereocenters. The molecule has 0 spiro atoms. The normalized spacial score (nSPS) is 30.8. The zero-order chi connectivity index (χ0) is 11.2. The molecule has 1 fully saturated rings. The number of hydrogen-bond acceptors (Lipinski definition) is 0. The molecule has 4 rings (SSSR count). The molecule has 0 nitrogen and oxygen atoms in total. The van der Waals surface area contributed by atoms with Crippen LogP contribution in [0.4, 0.5) is 0 Å². The van der Waals surface area contributed by atoms with Crippen molar-refractivity contribution in [3.63, 3.8) is 0 Å². The molecule has 0 amide bonds. The van der Waals surface area contributed by atoms with Gasteiger partial charge in [0, 0.05) is 0 Å². The highest BCUT2D eigenvalue weighted by molar-refractivity contribution is 5.74. The van der Waals surface area contributed by atoms with Crippen molar-refractivity contribution in [2.75, 3.05) is 0 Å². The Bertz CT molecular complexity index is 481. The smallest absolute Gasteiger partial charge is 0.0169 e. The fourth-order valence-electron chi connectivity index (χ4n) is 4.50. The van der Waals surface area contributed by atoms with E-state index in [1.807, 2.05) is 5.57 Å². The summed E-state index contributed by atoms with van der Waals surface area (Å²) < 4.78 is 0.